The fourth-order valence-corrected chi connectivity index (χ4v) is 2.92. The van der Waals surface area contributed by atoms with E-state index < -0.39 is 28.6 Å². The standard InChI is InChI=1S/C15H19N3O7/c1-2-17-8-16(5-9-7-24-3-4-25-9)14(21)11-13(20)12(19)10(15(22)23)6-18(11)17/h6,9,20H,2-5,7-8H2,1H3,(H,22,23). The largest absolute Gasteiger partial charge is 0.502 e. The van der Waals surface area contributed by atoms with E-state index in [0.29, 0.717) is 26.4 Å². The van der Waals surface area contributed by atoms with Crippen LogP contribution in [0.5, 0.6) is 5.75 Å². The van der Waals surface area contributed by atoms with Gasteiger partial charge >= 0.3 is 5.97 Å². The average molecular weight is 353 g/mol. The molecule has 2 N–H and O–H groups in total. The topological polar surface area (TPSA) is 122 Å². The van der Waals surface area contributed by atoms with Crippen LogP contribution in [0, 0.1) is 0 Å². The number of rotatable bonds is 4. The Labute approximate surface area is 142 Å². The van der Waals surface area contributed by atoms with Crippen LogP contribution in [0.15, 0.2) is 11.0 Å². The van der Waals surface area contributed by atoms with Crippen molar-refractivity contribution >= 4 is 11.9 Å². The minimum absolute atomic E-state index is 0.170. The maximum atomic E-state index is 12.7. The molecule has 0 bridgehead atoms. The number of fused-ring (bicyclic) bond motifs is 1. The van der Waals surface area contributed by atoms with Gasteiger partial charge in [-0.1, -0.05) is 0 Å². The Hall–Kier alpha value is -2.59. The zero-order chi connectivity index (χ0) is 18.1. The number of carbonyl (C=O) groups is 2. The third-order valence-electron chi connectivity index (χ3n) is 4.20. The summed E-state index contributed by atoms with van der Waals surface area (Å²) in [5.41, 5.74) is -1.92. The van der Waals surface area contributed by atoms with Crippen molar-refractivity contribution in [3.05, 3.63) is 27.7 Å². The van der Waals surface area contributed by atoms with Crippen LogP contribution in [0.25, 0.3) is 0 Å². The minimum Gasteiger partial charge on any atom is -0.502 e. The Balaban J connectivity index is 1.99. The van der Waals surface area contributed by atoms with Crippen LogP contribution < -0.4 is 10.4 Å². The number of carbonyl (C=O) groups excluding carboxylic acids is 1. The average Bonchev–Trinajstić information content (AvgIpc) is 2.60. The zero-order valence-electron chi connectivity index (χ0n) is 13.7. The molecule has 1 atom stereocenters. The van der Waals surface area contributed by atoms with Crippen LogP contribution >= 0.6 is 0 Å². The molecule has 10 heteroatoms. The lowest BCUT2D eigenvalue weighted by Crippen LogP contribution is -2.56. The van der Waals surface area contributed by atoms with Gasteiger partial charge in [0.05, 0.1) is 32.5 Å². The second-order valence-electron chi connectivity index (χ2n) is 5.78. The Morgan fingerprint density at radius 1 is 1.36 bits per heavy atom. The summed E-state index contributed by atoms with van der Waals surface area (Å²) in [5.74, 6) is -2.89. The molecule has 1 unspecified atom stereocenters. The lowest BCUT2D eigenvalue weighted by molar-refractivity contribution is -0.0954. The molecule has 1 saturated heterocycles. The molecule has 0 aliphatic carbocycles. The zero-order valence-corrected chi connectivity index (χ0v) is 13.7. The summed E-state index contributed by atoms with van der Waals surface area (Å²) in [7, 11) is 0. The summed E-state index contributed by atoms with van der Waals surface area (Å²) in [5, 5.41) is 20.9. The molecule has 25 heavy (non-hydrogen) atoms. The quantitative estimate of drug-likeness (QED) is 0.710. The molecule has 1 aromatic heterocycles. The van der Waals surface area contributed by atoms with Gasteiger partial charge in [-0.05, 0) is 6.92 Å². The molecule has 0 spiro atoms. The number of pyridine rings is 1. The molecule has 0 saturated carbocycles. The van der Waals surface area contributed by atoms with E-state index in [0.717, 1.165) is 6.20 Å². The lowest BCUT2D eigenvalue weighted by Gasteiger charge is -2.40. The Bertz CT molecular complexity index is 754. The number of aromatic carboxylic acids is 1. The highest BCUT2D eigenvalue weighted by Crippen LogP contribution is 2.22. The number of aromatic nitrogens is 1. The SMILES string of the molecule is CCN1CN(CC2COCCO2)C(=O)c2c(O)c(=O)c(C(=O)O)cn21. The first-order valence-electron chi connectivity index (χ1n) is 7.89. The van der Waals surface area contributed by atoms with Gasteiger partial charge in [-0.2, -0.15) is 0 Å². The van der Waals surface area contributed by atoms with Crippen molar-refractivity contribution in [3.8, 4) is 5.75 Å². The smallest absolute Gasteiger partial charge is 0.341 e. The van der Waals surface area contributed by atoms with Gasteiger partial charge in [0.2, 0.25) is 5.43 Å². The van der Waals surface area contributed by atoms with E-state index in [-0.39, 0.29) is 25.0 Å². The predicted octanol–water partition coefficient (Wildman–Crippen LogP) is -0.961. The first-order valence-corrected chi connectivity index (χ1v) is 7.89. The summed E-state index contributed by atoms with van der Waals surface area (Å²) < 4.78 is 12.1. The van der Waals surface area contributed by atoms with Gasteiger partial charge in [0.15, 0.2) is 11.4 Å². The van der Waals surface area contributed by atoms with Crippen LogP contribution in [0.1, 0.15) is 27.8 Å². The molecular formula is C15H19N3O7. The van der Waals surface area contributed by atoms with Gasteiger partial charge in [0.1, 0.15) is 12.2 Å². The van der Waals surface area contributed by atoms with E-state index in [4.69, 9.17) is 14.6 Å². The Morgan fingerprint density at radius 2 is 2.12 bits per heavy atom. The van der Waals surface area contributed by atoms with E-state index in [1.165, 1.54) is 9.58 Å². The summed E-state index contributed by atoms with van der Waals surface area (Å²) in [4.78, 5) is 37.4. The van der Waals surface area contributed by atoms with E-state index in [9.17, 15) is 19.5 Å². The fraction of sp³-hybridized carbons (Fsp3) is 0.533. The highest BCUT2D eigenvalue weighted by molar-refractivity contribution is 5.97. The highest BCUT2D eigenvalue weighted by atomic mass is 16.6. The van der Waals surface area contributed by atoms with Crippen LogP contribution in [-0.4, -0.2) is 77.3 Å². The molecular weight excluding hydrogens is 334 g/mol. The number of ether oxygens (including phenoxy) is 2. The summed E-state index contributed by atoms with van der Waals surface area (Å²) in [6.45, 7) is 3.95. The Morgan fingerprint density at radius 3 is 2.72 bits per heavy atom. The van der Waals surface area contributed by atoms with Crippen LogP contribution in [-0.2, 0) is 9.47 Å². The number of nitrogens with zero attached hydrogens (tertiary/aromatic N) is 3. The summed E-state index contributed by atoms with van der Waals surface area (Å²) in [6, 6.07) is 0. The van der Waals surface area contributed by atoms with Crippen molar-refractivity contribution in [1.82, 2.24) is 9.58 Å². The number of amides is 1. The highest BCUT2D eigenvalue weighted by Gasteiger charge is 2.35. The first-order chi connectivity index (χ1) is 11.9. The first kappa shape index (κ1) is 17.2. The van der Waals surface area contributed by atoms with E-state index in [1.54, 1.807) is 5.01 Å². The van der Waals surface area contributed by atoms with E-state index in [2.05, 4.69) is 0 Å². The summed E-state index contributed by atoms with van der Waals surface area (Å²) >= 11 is 0. The molecule has 3 rings (SSSR count). The van der Waals surface area contributed by atoms with Crippen molar-refractivity contribution < 1.29 is 29.3 Å². The maximum absolute atomic E-state index is 12.7. The molecule has 0 radical (unpaired) electrons. The van der Waals surface area contributed by atoms with Crippen LogP contribution in [0.3, 0.4) is 0 Å². The monoisotopic (exact) mass is 353 g/mol. The van der Waals surface area contributed by atoms with E-state index >= 15 is 0 Å². The van der Waals surface area contributed by atoms with Crippen molar-refractivity contribution in [2.75, 3.05) is 44.6 Å². The normalized spacial score (nSPS) is 20.5. The second-order valence-corrected chi connectivity index (χ2v) is 5.78. The number of aromatic hydroxyl groups is 1. The summed E-state index contributed by atoms with van der Waals surface area (Å²) in [6.07, 6.45) is 0.772. The van der Waals surface area contributed by atoms with Gasteiger partial charge in [-0.25, -0.2) is 4.79 Å². The molecule has 1 amide bonds. The maximum Gasteiger partial charge on any atom is 0.341 e. The third kappa shape index (κ3) is 3.05. The van der Waals surface area contributed by atoms with Crippen molar-refractivity contribution in [3.63, 3.8) is 0 Å². The second kappa shape index (κ2) is 6.73. The van der Waals surface area contributed by atoms with Gasteiger partial charge in [-0.3, -0.25) is 19.3 Å². The minimum atomic E-state index is -1.46. The lowest BCUT2D eigenvalue weighted by atomic mass is 10.2. The van der Waals surface area contributed by atoms with E-state index in [1.807, 2.05) is 6.92 Å². The van der Waals surface area contributed by atoms with Crippen molar-refractivity contribution in [2.45, 2.75) is 13.0 Å². The van der Waals surface area contributed by atoms with Crippen LogP contribution in [0.2, 0.25) is 0 Å². The molecule has 2 aliphatic rings. The van der Waals surface area contributed by atoms with Gasteiger partial charge in [-0.15, -0.1) is 0 Å². The molecule has 1 aromatic rings. The molecule has 1 fully saturated rings. The number of carboxylic acid groups (broad SMARTS) is 1. The van der Waals surface area contributed by atoms with Gasteiger partial charge in [0.25, 0.3) is 5.91 Å². The molecule has 10 nitrogen and oxygen atoms in total. The Kier molecular flexibility index (Phi) is 4.64. The molecule has 3 heterocycles. The van der Waals surface area contributed by atoms with Crippen molar-refractivity contribution in [2.24, 2.45) is 0 Å². The third-order valence-corrected chi connectivity index (χ3v) is 4.20. The number of hydrogen-bond acceptors (Lipinski definition) is 7. The number of hydrogen-bond donors (Lipinski definition) is 2. The fourth-order valence-electron chi connectivity index (χ4n) is 2.92. The van der Waals surface area contributed by atoms with Crippen molar-refractivity contribution in [1.29, 1.82) is 0 Å². The van der Waals surface area contributed by atoms with Gasteiger partial charge in [0, 0.05) is 12.7 Å². The predicted molar refractivity (Wildman–Crippen MR) is 84.5 cm³/mol. The van der Waals surface area contributed by atoms with Crippen LogP contribution in [0.4, 0.5) is 0 Å². The molecule has 136 valence electrons. The van der Waals surface area contributed by atoms with Gasteiger partial charge < -0.3 is 24.6 Å². The molecule has 2 aliphatic heterocycles. The number of carboxylic acids is 1. The molecule has 0 aromatic carbocycles.